The van der Waals surface area contributed by atoms with E-state index in [0.717, 1.165) is 48.9 Å². The van der Waals surface area contributed by atoms with Gasteiger partial charge < -0.3 is 4.74 Å². The highest BCUT2D eigenvalue weighted by Crippen LogP contribution is 2.69. The second kappa shape index (κ2) is 5.23. The van der Waals surface area contributed by atoms with Crippen molar-refractivity contribution in [3.63, 3.8) is 0 Å². The number of ether oxygens (including phenoxy) is 1. The zero-order valence-electron chi connectivity index (χ0n) is 15.4. The summed E-state index contributed by atoms with van der Waals surface area (Å²) < 4.78 is 6.36. The standard InChI is InChI=1S/C21H34O2/c1-5-20(3,4)19(22)23-21(6-2)12-15-11-16(21)18-14-9-7-13(8-10-14)17(15)18/h13-18H,5-12H2,1-4H3. The normalized spacial score (nSPS) is 47.7. The Morgan fingerprint density at radius 3 is 2.22 bits per heavy atom. The van der Waals surface area contributed by atoms with Crippen molar-refractivity contribution in [1.29, 1.82) is 0 Å². The highest BCUT2D eigenvalue weighted by atomic mass is 16.6. The van der Waals surface area contributed by atoms with Crippen LogP contribution in [0.2, 0.25) is 0 Å². The first-order valence-corrected chi connectivity index (χ1v) is 10.2. The van der Waals surface area contributed by atoms with Crippen LogP contribution in [0.4, 0.5) is 0 Å². The summed E-state index contributed by atoms with van der Waals surface area (Å²) in [6.07, 6.45) is 10.2. The van der Waals surface area contributed by atoms with Crippen molar-refractivity contribution < 1.29 is 9.53 Å². The predicted octanol–water partition coefficient (Wildman–Crippen LogP) is 5.21. The maximum Gasteiger partial charge on any atom is 0.312 e. The first kappa shape index (κ1) is 16.0. The van der Waals surface area contributed by atoms with Crippen molar-refractivity contribution in [3.8, 4) is 0 Å². The molecule has 2 heteroatoms. The lowest BCUT2D eigenvalue weighted by Crippen LogP contribution is -2.53. The lowest BCUT2D eigenvalue weighted by atomic mass is 9.52. The quantitative estimate of drug-likeness (QED) is 0.665. The van der Waals surface area contributed by atoms with Gasteiger partial charge in [-0.25, -0.2) is 0 Å². The minimum atomic E-state index is -0.338. The van der Waals surface area contributed by atoms with Crippen LogP contribution in [0.15, 0.2) is 0 Å². The van der Waals surface area contributed by atoms with Gasteiger partial charge in [0.1, 0.15) is 5.60 Å². The average molecular weight is 319 g/mol. The molecular formula is C21H34O2. The van der Waals surface area contributed by atoms with E-state index < -0.39 is 0 Å². The van der Waals surface area contributed by atoms with E-state index in [4.69, 9.17) is 4.74 Å². The molecule has 2 nitrogen and oxygen atoms in total. The third kappa shape index (κ3) is 2.15. The molecular weight excluding hydrogens is 284 g/mol. The lowest BCUT2D eigenvalue weighted by Gasteiger charge is -2.55. The second-order valence-corrected chi connectivity index (χ2v) is 9.68. The molecule has 0 amide bonds. The van der Waals surface area contributed by atoms with Gasteiger partial charge in [-0.3, -0.25) is 4.79 Å². The predicted molar refractivity (Wildman–Crippen MR) is 91.8 cm³/mol. The number of esters is 1. The number of carbonyl (C=O) groups is 1. The average Bonchev–Trinajstić information content (AvgIpc) is 3.14. The van der Waals surface area contributed by atoms with E-state index in [-0.39, 0.29) is 17.0 Å². The fourth-order valence-corrected chi connectivity index (χ4v) is 6.92. The Morgan fingerprint density at radius 2 is 1.65 bits per heavy atom. The van der Waals surface area contributed by atoms with Gasteiger partial charge in [0.15, 0.2) is 0 Å². The van der Waals surface area contributed by atoms with E-state index in [2.05, 4.69) is 13.8 Å². The number of carbonyl (C=O) groups excluding carboxylic acids is 1. The summed E-state index contributed by atoms with van der Waals surface area (Å²) in [6, 6.07) is 0. The third-order valence-corrected chi connectivity index (χ3v) is 8.53. The zero-order valence-corrected chi connectivity index (χ0v) is 15.4. The van der Waals surface area contributed by atoms with Crippen molar-refractivity contribution in [2.75, 3.05) is 0 Å². The summed E-state index contributed by atoms with van der Waals surface area (Å²) in [5, 5.41) is 0. The van der Waals surface area contributed by atoms with E-state index >= 15 is 0 Å². The molecule has 5 fully saturated rings. The number of fused-ring (bicyclic) bond motifs is 4. The molecule has 5 unspecified atom stereocenters. The van der Waals surface area contributed by atoms with Crippen molar-refractivity contribution in [2.45, 2.75) is 84.7 Å². The van der Waals surface area contributed by atoms with Gasteiger partial charge in [0.05, 0.1) is 5.41 Å². The molecule has 0 N–H and O–H groups in total. The summed E-state index contributed by atoms with van der Waals surface area (Å²) in [7, 11) is 0. The molecule has 23 heavy (non-hydrogen) atoms. The van der Waals surface area contributed by atoms with E-state index in [1.54, 1.807) is 0 Å². The van der Waals surface area contributed by atoms with Gasteiger partial charge >= 0.3 is 5.97 Å². The maximum absolute atomic E-state index is 12.8. The summed E-state index contributed by atoms with van der Waals surface area (Å²) >= 11 is 0. The Balaban J connectivity index is 1.59. The molecule has 0 spiro atoms. The first-order valence-electron chi connectivity index (χ1n) is 10.2. The van der Waals surface area contributed by atoms with Crippen LogP contribution in [0.5, 0.6) is 0 Å². The van der Waals surface area contributed by atoms with Gasteiger partial charge in [0, 0.05) is 5.92 Å². The van der Waals surface area contributed by atoms with Gasteiger partial charge in [-0.1, -0.05) is 13.8 Å². The lowest BCUT2D eigenvalue weighted by molar-refractivity contribution is -0.188. The fraction of sp³-hybridized carbons (Fsp3) is 0.952. The van der Waals surface area contributed by atoms with Crippen LogP contribution in [0.1, 0.15) is 79.1 Å². The summed E-state index contributed by atoms with van der Waals surface area (Å²) in [4.78, 5) is 12.8. The van der Waals surface area contributed by atoms with E-state index in [0.29, 0.717) is 5.92 Å². The zero-order chi connectivity index (χ0) is 16.4. The van der Waals surface area contributed by atoms with Gasteiger partial charge in [-0.15, -0.1) is 0 Å². The van der Waals surface area contributed by atoms with Crippen LogP contribution in [0, 0.1) is 40.9 Å². The Bertz CT molecular complexity index is 488. The van der Waals surface area contributed by atoms with Crippen LogP contribution in [-0.4, -0.2) is 11.6 Å². The van der Waals surface area contributed by atoms with E-state index in [1.807, 2.05) is 13.8 Å². The molecule has 5 saturated carbocycles. The molecule has 5 aliphatic rings. The topological polar surface area (TPSA) is 26.3 Å². The Morgan fingerprint density at radius 1 is 1.04 bits per heavy atom. The minimum Gasteiger partial charge on any atom is -0.458 e. The second-order valence-electron chi connectivity index (χ2n) is 9.68. The summed E-state index contributed by atoms with van der Waals surface area (Å²) in [6.45, 7) is 8.42. The van der Waals surface area contributed by atoms with Gasteiger partial charge in [0.25, 0.3) is 0 Å². The van der Waals surface area contributed by atoms with Crippen LogP contribution >= 0.6 is 0 Å². The molecule has 0 heterocycles. The van der Waals surface area contributed by atoms with E-state index in [1.165, 1.54) is 32.1 Å². The summed E-state index contributed by atoms with van der Waals surface area (Å²) in [5.41, 5.74) is -0.470. The molecule has 5 atom stereocenters. The molecule has 5 rings (SSSR count). The molecule has 0 saturated heterocycles. The fourth-order valence-electron chi connectivity index (χ4n) is 6.92. The van der Waals surface area contributed by atoms with Gasteiger partial charge in [-0.2, -0.15) is 0 Å². The molecule has 0 aliphatic heterocycles. The smallest absolute Gasteiger partial charge is 0.312 e. The SMILES string of the molecule is CCC(C)(C)C(=O)OC1(CC)CC2CC1C1C3CCC(CC3)C21. The highest BCUT2D eigenvalue weighted by molar-refractivity contribution is 5.76. The Hall–Kier alpha value is -0.530. The van der Waals surface area contributed by atoms with Crippen molar-refractivity contribution in [1.82, 2.24) is 0 Å². The van der Waals surface area contributed by atoms with Gasteiger partial charge in [0.2, 0.25) is 0 Å². The molecule has 0 radical (unpaired) electrons. The van der Waals surface area contributed by atoms with Crippen LogP contribution in [-0.2, 0) is 9.53 Å². The van der Waals surface area contributed by atoms with Crippen LogP contribution in [0.3, 0.4) is 0 Å². The van der Waals surface area contributed by atoms with Crippen LogP contribution < -0.4 is 0 Å². The molecule has 0 aromatic heterocycles. The third-order valence-electron chi connectivity index (χ3n) is 8.53. The van der Waals surface area contributed by atoms with E-state index in [9.17, 15) is 4.79 Å². The monoisotopic (exact) mass is 318 g/mol. The molecule has 0 aromatic rings. The number of hydrogen-bond donors (Lipinski definition) is 0. The van der Waals surface area contributed by atoms with Gasteiger partial charge in [-0.05, 0) is 94.8 Å². The molecule has 0 aromatic carbocycles. The van der Waals surface area contributed by atoms with Crippen molar-refractivity contribution in [2.24, 2.45) is 40.9 Å². The number of rotatable bonds is 4. The van der Waals surface area contributed by atoms with Crippen molar-refractivity contribution in [3.05, 3.63) is 0 Å². The van der Waals surface area contributed by atoms with Crippen LogP contribution in [0.25, 0.3) is 0 Å². The first-order chi connectivity index (χ1) is 10.9. The van der Waals surface area contributed by atoms with Crippen molar-refractivity contribution >= 4 is 5.97 Å². The Labute approximate surface area is 141 Å². The largest absolute Gasteiger partial charge is 0.458 e. The number of hydrogen-bond acceptors (Lipinski definition) is 2. The molecule has 5 aliphatic carbocycles. The Kier molecular flexibility index (Phi) is 3.63. The molecule has 130 valence electrons. The highest BCUT2D eigenvalue weighted by Gasteiger charge is 2.66. The minimum absolute atomic E-state index is 0.0481. The molecule has 4 bridgehead atoms. The maximum atomic E-state index is 12.8. The summed E-state index contributed by atoms with van der Waals surface area (Å²) in [5.74, 6) is 5.33.